The van der Waals surface area contributed by atoms with Gasteiger partial charge in [-0.3, -0.25) is 9.47 Å². The van der Waals surface area contributed by atoms with Crippen molar-refractivity contribution in [1.82, 2.24) is 29.7 Å². The number of aromatic nitrogens is 4. The number of hydrogen-bond donors (Lipinski definition) is 5. The number of fused-ring (bicyclic) bond motifs is 1. The van der Waals surface area contributed by atoms with Crippen LogP contribution in [0.5, 0.6) is 0 Å². The van der Waals surface area contributed by atoms with Gasteiger partial charge in [-0.1, -0.05) is 12.1 Å². The molecule has 1 aliphatic heterocycles. The number of urea groups is 1. The number of aliphatic hydroxyl groups excluding tert-OH is 2. The maximum absolute atomic E-state index is 13.6. The van der Waals surface area contributed by atoms with Crippen molar-refractivity contribution in [3.05, 3.63) is 78.1 Å². The molecule has 2 aromatic carbocycles. The molecule has 47 heavy (non-hydrogen) atoms. The Bertz CT molecular complexity index is 1650. The van der Waals surface area contributed by atoms with Gasteiger partial charge in [0.25, 0.3) is 0 Å². The van der Waals surface area contributed by atoms with Crippen molar-refractivity contribution in [2.75, 3.05) is 30.3 Å². The Kier molecular flexibility index (Phi) is 10.5. The second-order valence-corrected chi connectivity index (χ2v) is 11.5. The summed E-state index contributed by atoms with van der Waals surface area (Å²) < 4.78 is 59.5. The fraction of sp³-hybridized carbons (Fsp3) is 0.419. The van der Waals surface area contributed by atoms with Crippen molar-refractivity contribution in [3.63, 3.8) is 0 Å². The molecule has 3 heterocycles. The van der Waals surface area contributed by atoms with Crippen LogP contribution in [-0.4, -0.2) is 84.7 Å². The van der Waals surface area contributed by atoms with Gasteiger partial charge in [-0.25, -0.2) is 24.1 Å². The molecule has 0 radical (unpaired) electrons. The van der Waals surface area contributed by atoms with Gasteiger partial charge in [0.2, 0.25) is 0 Å². The molecule has 1 aliphatic rings. The smallest absolute Gasteiger partial charge is 0.387 e. The van der Waals surface area contributed by atoms with E-state index in [4.69, 9.17) is 4.74 Å². The van der Waals surface area contributed by atoms with E-state index in [2.05, 4.69) is 30.9 Å². The molecule has 16 heteroatoms. The van der Waals surface area contributed by atoms with Crippen molar-refractivity contribution in [1.29, 1.82) is 0 Å². The number of alkyl halides is 3. The van der Waals surface area contributed by atoms with Gasteiger partial charge in [-0.2, -0.15) is 13.2 Å². The Labute approximate surface area is 267 Å². The van der Waals surface area contributed by atoms with Crippen LogP contribution in [0.15, 0.2) is 61.2 Å². The largest absolute Gasteiger partial charge is 0.416 e. The van der Waals surface area contributed by atoms with Gasteiger partial charge in [-0.15, -0.1) is 0 Å². The lowest BCUT2D eigenvalue weighted by atomic mass is 10.1. The lowest BCUT2D eigenvalue weighted by molar-refractivity contribution is -0.137. The van der Waals surface area contributed by atoms with Crippen molar-refractivity contribution < 1.29 is 37.3 Å². The van der Waals surface area contributed by atoms with E-state index in [1.165, 1.54) is 41.5 Å². The molecule has 12 nitrogen and oxygen atoms in total. The van der Waals surface area contributed by atoms with E-state index in [1.807, 2.05) is 18.7 Å². The molecule has 1 saturated heterocycles. The fourth-order valence-corrected chi connectivity index (χ4v) is 5.30. The molecule has 252 valence electrons. The highest BCUT2D eigenvalue weighted by Crippen LogP contribution is 2.33. The standard InChI is InChI=1S/C31H36F4N8O4/c1-18(2)42(12-4-11-36-30(46)41-22-9-7-20(8-10-22)31(33,34)35)15-23-25(44)26(45)29(47-23)43-17-40-24-27(38-16-39-28(24)43)37-14-19-5-3-6-21(32)13-19/h3,5-10,13,16-18,23,25-26,29,44-45H,4,11-12,14-15H2,1-2H3,(H2,36,41,46)(H,37,38,39)/t23-,25-,26-,29-/m1/s1. The SMILES string of the molecule is CC(C)N(CCCNC(=O)Nc1ccc(C(F)(F)F)cc1)C[C@H]1O[C@@H](n2cnc3c(NCc4cccc(F)c4)ncnc32)[C@H](O)[C@@H]1O. The van der Waals surface area contributed by atoms with Crippen LogP contribution in [0.25, 0.3) is 11.2 Å². The molecule has 0 spiro atoms. The lowest BCUT2D eigenvalue weighted by Gasteiger charge is -2.30. The number of hydrogen-bond acceptors (Lipinski definition) is 9. The number of ether oxygens (including phenoxy) is 1. The second kappa shape index (κ2) is 14.6. The van der Waals surface area contributed by atoms with E-state index in [9.17, 15) is 32.6 Å². The van der Waals surface area contributed by atoms with Crippen molar-refractivity contribution in [2.45, 2.75) is 63.6 Å². The summed E-state index contributed by atoms with van der Waals surface area (Å²) in [5.74, 6) is 0.0621. The number of aliphatic hydroxyl groups is 2. The average Bonchev–Trinajstić information content (AvgIpc) is 3.58. The van der Waals surface area contributed by atoms with E-state index in [0.29, 0.717) is 42.1 Å². The van der Waals surface area contributed by atoms with E-state index in [1.54, 1.807) is 12.1 Å². The number of carbonyl (C=O) groups excluding carboxylic acids is 1. The van der Waals surface area contributed by atoms with Crippen LogP contribution < -0.4 is 16.0 Å². The van der Waals surface area contributed by atoms with Crippen LogP contribution in [0.4, 0.5) is 33.9 Å². The summed E-state index contributed by atoms with van der Waals surface area (Å²) in [5.41, 5.74) is 0.925. The number of amides is 2. The van der Waals surface area contributed by atoms with Gasteiger partial charge in [0.1, 0.15) is 30.5 Å². The van der Waals surface area contributed by atoms with E-state index < -0.39 is 42.3 Å². The lowest BCUT2D eigenvalue weighted by Crippen LogP contribution is -2.44. The highest BCUT2D eigenvalue weighted by Gasteiger charge is 2.45. The Morgan fingerprint density at radius 3 is 2.55 bits per heavy atom. The molecule has 5 N–H and O–H groups in total. The molecule has 0 bridgehead atoms. The van der Waals surface area contributed by atoms with Crippen LogP contribution in [0, 0.1) is 5.82 Å². The predicted octanol–water partition coefficient (Wildman–Crippen LogP) is 4.14. The first-order valence-electron chi connectivity index (χ1n) is 15.0. The van der Waals surface area contributed by atoms with Gasteiger partial charge < -0.3 is 30.9 Å². The highest BCUT2D eigenvalue weighted by atomic mass is 19.4. The summed E-state index contributed by atoms with van der Waals surface area (Å²) in [7, 11) is 0. The first kappa shape index (κ1) is 34.0. The quantitative estimate of drug-likeness (QED) is 0.112. The van der Waals surface area contributed by atoms with Gasteiger partial charge in [-0.05, 0) is 62.2 Å². The second-order valence-electron chi connectivity index (χ2n) is 11.5. The third kappa shape index (κ3) is 8.32. The Balaban J connectivity index is 1.14. The normalized spacial score (nSPS) is 19.9. The molecule has 0 saturated carbocycles. The van der Waals surface area contributed by atoms with Crippen LogP contribution in [0.1, 0.15) is 37.6 Å². The number of halogens is 4. The fourth-order valence-electron chi connectivity index (χ4n) is 5.30. The predicted molar refractivity (Wildman–Crippen MR) is 165 cm³/mol. The first-order chi connectivity index (χ1) is 22.4. The minimum Gasteiger partial charge on any atom is -0.387 e. The number of rotatable bonds is 12. The zero-order chi connectivity index (χ0) is 33.7. The number of anilines is 2. The molecule has 0 aliphatic carbocycles. The molecule has 2 aromatic heterocycles. The Morgan fingerprint density at radius 1 is 1.09 bits per heavy atom. The van der Waals surface area contributed by atoms with Gasteiger partial charge in [0, 0.05) is 37.9 Å². The third-order valence-electron chi connectivity index (χ3n) is 7.84. The maximum atomic E-state index is 13.6. The van der Waals surface area contributed by atoms with E-state index in [-0.39, 0.29) is 30.6 Å². The summed E-state index contributed by atoms with van der Waals surface area (Å²) >= 11 is 0. The number of benzene rings is 2. The summed E-state index contributed by atoms with van der Waals surface area (Å²) in [6.45, 7) is 5.33. The summed E-state index contributed by atoms with van der Waals surface area (Å²) in [6.07, 6.45) is -5.35. The molecular formula is C31H36F4N8O4. The minimum absolute atomic E-state index is 0.0384. The third-order valence-corrected chi connectivity index (χ3v) is 7.84. The monoisotopic (exact) mass is 660 g/mol. The zero-order valence-corrected chi connectivity index (χ0v) is 25.7. The number of imidazole rings is 1. The molecule has 4 atom stereocenters. The molecule has 5 rings (SSSR count). The number of nitrogens with zero attached hydrogens (tertiary/aromatic N) is 5. The van der Waals surface area contributed by atoms with Crippen molar-refractivity contribution in [2.24, 2.45) is 0 Å². The summed E-state index contributed by atoms with van der Waals surface area (Å²) in [5, 5.41) is 30.2. The van der Waals surface area contributed by atoms with Crippen LogP contribution in [0.2, 0.25) is 0 Å². The maximum Gasteiger partial charge on any atom is 0.416 e. The van der Waals surface area contributed by atoms with Crippen LogP contribution in [0.3, 0.4) is 0 Å². The van der Waals surface area contributed by atoms with Gasteiger partial charge >= 0.3 is 12.2 Å². The van der Waals surface area contributed by atoms with Crippen LogP contribution >= 0.6 is 0 Å². The molecule has 1 fully saturated rings. The van der Waals surface area contributed by atoms with E-state index in [0.717, 1.165) is 12.1 Å². The highest BCUT2D eigenvalue weighted by molar-refractivity contribution is 5.89. The Hall–Kier alpha value is -4.38. The first-order valence-corrected chi connectivity index (χ1v) is 15.0. The molecule has 4 aromatic rings. The Morgan fingerprint density at radius 2 is 1.85 bits per heavy atom. The minimum atomic E-state index is -4.46. The number of nitrogens with one attached hydrogen (secondary N) is 3. The molecular weight excluding hydrogens is 624 g/mol. The van der Waals surface area contributed by atoms with Crippen molar-refractivity contribution in [3.8, 4) is 0 Å². The van der Waals surface area contributed by atoms with Crippen molar-refractivity contribution >= 4 is 28.7 Å². The van der Waals surface area contributed by atoms with Gasteiger partial charge in [0.15, 0.2) is 23.2 Å². The summed E-state index contributed by atoms with van der Waals surface area (Å²) in [4.78, 5) is 27.2. The molecule has 2 amide bonds. The molecule has 0 unspecified atom stereocenters. The number of carbonyl (C=O) groups is 1. The average molecular weight is 661 g/mol. The van der Waals surface area contributed by atoms with Crippen LogP contribution in [-0.2, 0) is 17.5 Å². The summed E-state index contributed by atoms with van der Waals surface area (Å²) in [6, 6.07) is 9.80. The van der Waals surface area contributed by atoms with E-state index >= 15 is 0 Å². The topological polar surface area (TPSA) is 150 Å². The zero-order valence-electron chi connectivity index (χ0n) is 25.7. The van der Waals surface area contributed by atoms with Gasteiger partial charge in [0.05, 0.1) is 11.9 Å².